The molecule has 2 aliphatic heterocycles. The van der Waals surface area contributed by atoms with E-state index < -0.39 is 0 Å². The van der Waals surface area contributed by atoms with Crippen LogP contribution in [0.2, 0.25) is 0 Å². The molecule has 9 heteroatoms. The summed E-state index contributed by atoms with van der Waals surface area (Å²) in [6.07, 6.45) is 2.10. The molecule has 2 aliphatic rings. The number of thiophene rings is 2. The number of hydrogen-bond donors (Lipinski definition) is 2. The van der Waals surface area contributed by atoms with Crippen molar-refractivity contribution in [2.75, 3.05) is 0 Å². The Hall–Kier alpha value is -4.60. The van der Waals surface area contributed by atoms with Crippen molar-refractivity contribution < 1.29 is 9.59 Å². The molecule has 2 amide bonds. The van der Waals surface area contributed by atoms with E-state index in [2.05, 4.69) is 87.1 Å². The number of para-hydroxylation sites is 1. The lowest BCUT2D eigenvalue weighted by molar-refractivity contribution is -0.117. The average molecular weight is 548 g/mol. The van der Waals surface area contributed by atoms with E-state index in [1.54, 1.807) is 11.3 Å². The number of aryl methyl sites for hydroxylation is 2. The van der Waals surface area contributed by atoms with Crippen LogP contribution in [0, 0.1) is 0 Å². The van der Waals surface area contributed by atoms with Crippen molar-refractivity contribution >= 4 is 67.9 Å². The highest BCUT2D eigenvalue weighted by Gasteiger charge is 2.41. The van der Waals surface area contributed by atoms with Crippen LogP contribution in [0.5, 0.6) is 0 Å². The normalized spacial score (nSPS) is 15.2. The molecule has 0 unspecified atom stereocenters. The van der Waals surface area contributed by atoms with Gasteiger partial charge < -0.3 is 24.3 Å². The van der Waals surface area contributed by atoms with Crippen molar-refractivity contribution in [3.8, 4) is 16.3 Å². The zero-order valence-electron chi connectivity index (χ0n) is 21.0. The molecule has 39 heavy (non-hydrogen) atoms. The van der Waals surface area contributed by atoms with E-state index in [0.29, 0.717) is 22.5 Å². The molecule has 0 saturated heterocycles. The summed E-state index contributed by atoms with van der Waals surface area (Å²) >= 11 is 3.07. The van der Waals surface area contributed by atoms with Crippen LogP contribution in [-0.4, -0.2) is 25.5 Å². The van der Waals surface area contributed by atoms with E-state index in [1.807, 2.05) is 29.6 Å². The van der Waals surface area contributed by atoms with Gasteiger partial charge in [-0.2, -0.15) is 0 Å². The topological polar surface area (TPSA) is 73.0 Å². The van der Waals surface area contributed by atoms with Crippen LogP contribution in [0.15, 0.2) is 89.5 Å². The maximum absolute atomic E-state index is 13.0. The Morgan fingerprint density at radius 2 is 1.44 bits per heavy atom. The number of benzene rings is 1. The van der Waals surface area contributed by atoms with Crippen LogP contribution in [0.1, 0.15) is 9.75 Å². The lowest BCUT2D eigenvalue weighted by Crippen LogP contribution is -2.20. The Kier molecular flexibility index (Phi) is 4.57. The summed E-state index contributed by atoms with van der Waals surface area (Å²) in [5.41, 5.74) is 8.83. The van der Waals surface area contributed by atoms with Crippen molar-refractivity contribution in [2.45, 2.75) is 0 Å². The summed E-state index contributed by atoms with van der Waals surface area (Å²) in [6.45, 7) is 0. The lowest BCUT2D eigenvalue weighted by atomic mass is 10.1. The number of amides is 2. The molecule has 8 rings (SSSR count). The maximum Gasteiger partial charge on any atom is 0.258 e. The fourth-order valence-corrected chi connectivity index (χ4v) is 7.62. The van der Waals surface area contributed by atoms with Gasteiger partial charge in [0.15, 0.2) is 0 Å². The second-order valence-electron chi connectivity index (χ2n) is 9.70. The lowest BCUT2D eigenvalue weighted by Gasteiger charge is -2.05. The Morgan fingerprint density at radius 3 is 2.15 bits per heavy atom. The van der Waals surface area contributed by atoms with Crippen LogP contribution in [0.25, 0.3) is 49.7 Å². The minimum Gasteiger partial charge on any atom is -0.348 e. The second kappa shape index (κ2) is 7.95. The summed E-state index contributed by atoms with van der Waals surface area (Å²) in [7, 11) is 4.17. The first-order valence-corrected chi connectivity index (χ1v) is 14.2. The molecule has 0 atom stereocenters. The van der Waals surface area contributed by atoms with Crippen molar-refractivity contribution in [1.29, 1.82) is 0 Å². The van der Waals surface area contributed by atoms with Gasteiger partial charge in [-0.15, -0.1) is 22.7 Å². The van der Waals surface area contributed by atoms with Crippen molar-refractivity contribution in [1.82, 2.24) is 24.3 Å². The highest BCUT2D eigenvalue weighted by molar-refractivity contribution is 7.16. The third-order valence-corrected chi connectivity index (χ3v) is 9.55. The molecular weight excluding hydrogens is 526 g/mol. The predicted octanol–water partition coefficient (Wildman–Crippen LogP) is 5.63. The Balaban J connectivity index is 1.28. The van der Waals surface area contributed by atoms with Gasteiger partial charge in [0.25, 0.3) is 11.8 Å². The van der Waals surface area contributed by atoms with E-state index in [9.17, 15) is 9.59 Å². The summed E-state index contributed by atoms with van der Waals surface area (Å²) in [6, 6.07) is 22.7. The first kappa shape index (κ1) is 22.4. The van der Waals surface area contributed by atoms with Gasteiger partial charge in [-0.1, -0.05) is 24.3 Å². The smallest absolute Gasteiger partial charge is 0.258 e. The van der Waals surface area contributed by atoms with Crippen molar-refractivity contribution in [3.63, 3.8) is 0 Å². The zero-order chi connectivity index (χ0) is 26.4. The first-order valence-electron chi connectivity index (χ1n) is 12.5. The van der Waals surface area contributed by atoms with Gasteiger partial charge >= 0.3 is 0 Å². The number of hydrogen-bond acceptors (Lipinski definition) is 4. The molecule has 2 N–H and O–H groups in total. The van der Waals surface area contributed by atoms with E-state index in [-0.39, 0.29) is 11.8 Å². The Labute approximate surface area is 230 Å². The van der Waals surface area contributed by atoms with Crippen LogP contribution in [-0.2, 0) is 23.7 Å². The average Bonchev–Trinajstić information content (AvgIpc) is 3.76. The third-order valence-electron chi connectivity index (χ3n) is 7.54. The molecule has 0 bridgehead atoms. The van der Waals surface area contributed by atoms with Crippen LogP contribution < -0.4 is 10.6 Å². The van der Waals surface area contributed by atoms with Crippen molar-refractivity contribution in [2.24, 2.45) is 14.1 Å². The van der Waals surface area contributed by atoms with Crippen LogP contribution in [0.3, 0.4) is 0 Å². The molecule has 6 aromatic rings. The Morgan fingerprint density at radius 1 is 0.718 bits per heavy atom. The SMILES string of the molecule is Cn1ccc2c1c1c(cc(-c3ccc(C4=C5C(=O)NC(c6cccs6)=C5C(=O)N4)s3)n1C)n2-c1ccccc1. The van der Waals surface area contributed by atoms with Gasteiger partial charge in [0.05, 0.1) is 64.9 Å². The minimum atomic E-state index is -0.246. The molecule has 1 aromatic carbocycles. The van der Waals surface area contributed by atoms with E-state index in [0.717, 1.165) is 42.6 Å². The summed E-state index contributed by atoms with van der Waals surface area (Å²) < 4.78 is 6.70. The van der Waals surface area contributed by atoms with Gasteiger partial charge in [-0.3, -0.25) is 9.59 Å². The molecule has 0 fully saturated rings. The number of aromatic nitrogens is 3. The monoisotopic (exact) mass is 547 g/mol. The summed E-state index contributed by atoms with van der Waals surface area (Å²) in [4.78, 5) is 28.8. The van der Waals surface area contributed by atoms with Crippen LogP contribution >= 0.6 is 22.7 Å². The van der Waals surface area contributed by atoms with Gasteiger partial charge in [-0.05, 0) is 47.8 Å². The quantitative estimate of drug-likeness (QED) is 0.300. The number of carbonyl (C=O) groups is 2. The van der Waals surface area contributed by atoms with E-state index >= 15 is 0 Å². The minimum absolute atomic E-state index is 0.246. The van der Waals surface area contributed by atoms with Crippen LogP contribution in [0.4, 0.5) is 0 Å². The molecule has 0 saturated carbocycles. The number of rotatable bonds is 4. The fraction of sp³-hybridized carbons (Fsp3) is 0.0667. The van der Waals surface area contributed by atoms with Gasteiger partial charge in [0.1, 0.15) is 0 Å². The number of carbonyl (C=O) groups excluding carboxylic acids is 2. The molecule has 0 radical (unpaired) electrons. The molecular formula is C30H21N5O2S2. The molecule has 0 aliphatic carbocycles. The summed E-state index contributed by atoms with van der Waals surface area (Å²) in [5.74, 6) is -0.492. The first-order chi connectivity index (χ1) is 19.0. The van der Waals surface area contributed by atoms with Crippen molar-refractivity contribution in [3.05, 3.63) is 99.2 Å². The maximum atomic E-state index is 13.0. The number of nitrogens with one attached hydrogen (secondary N) is 2. The number of nitrogens with zero attached hydrogens (tertiary/aromatic N) is 3. The van der Waals surface area contributed by atoms with E-state index in [1.165, 1.54) is 16.9 Å². The molecule has 7 nitrogen and oxygen atoms in total. The van der Waals surface area contributed by atoms with Gasteiger partial charge in [-0.25, -0.2) is 0 Å². The zero-order valence-corrected chi connectivity index (χ0v) is 22.6. The standard InChI is InChI=1S/C30H21N5O2S2/c1-33-13-12-17-27(33)28-19(35(17)16-7-4-3-5-8-16)15-18(34(28)2)20-10-11-22(39-20)26-24-23(29(36)32-26)25(31-30(24)37)21-9-6-14-38-21/h3-15H,1-2H3,(H,31,37)(H,32,36). The molecule has 7 heterocycles. The highest BCUT2D eigenvalue weighted by atomic mass is 32.1. The highest BCUT2D eigenvalue weighted by Crippen LogP contribution is 2.43. The summed E-state index contributed by atoms with van der Waals surface area (Å²) in [5, 5.41) is 7.83. The molecule has 190 valence electrons. The molecule has 5 aromatic heterocycles. The Bertz CT molecular complexity index is 2060. The second-order valence-corrected chi connectivity index (χ2v) is 11.7. The molecule has 0 spiro atoms. The number of fused-ring (bicyclic) bond motifs is 4. The van der Waals surface area contributed by atoms with E-state index in [4.69, 9.17) is 0 Å². The van der Waals surface area contributed by atoms with Gasteiger partial charge in [0.2, 0.25) is 0 Å². The largest absolute Gasteiger partial charge is 0.348 e. The third kappa shape index (κ3) is 3.02. The predicted molar refractivity (Wildman–Crippen MR) is 156 cm³/mol. The van der Waals surface area contributed by atoms with Gasteiger partial charge in [0, 0.05) is 26.0 Å². The fourth-order valence-electron chi connectivity index (χ4n) is 5.83.